The van der Waals surface area contributed by atoms with Crippen LogP contribution >= 0.6 is 14.5 Å². The van der Waals surface area contributed by atoms with Gasteiger partial charge in [-0.05, 0) is 170 Å². The number of quaternary nitrogens is 2. The number of nitrogens with one attached hydrogen (secondary N) is 2. The van der Waals surface area contributed by atoms with E-state index in [1.165, 1.54) is 65.2 Å². The van der Waals surface area contributed by atoms with Gasteiger partial charge in [-0.25, -0.2) is 0 Å². The topological polar surface area (TPSA) is 27.3 Å². The third-order valence-corrected chi connectivity index (χ3v) is 23.8. The van der Waals surface area contributed by atoms with Crippen LogP contribution in [0.3, 0.4) is 0 Å². The number of ether oxygens (including phenoxy) is 2. The second kappa shape index (κ2) is 25.5. The lowest BCUT2D eigenvalue weighted by Crippen LogP contribution is -3.12. The predicted octanol–water partition coefficient (Wildman–Crippen LogP) is 10.6. The number of hydrogen-bond acceptors (Lipinski definition) is 2. The summed E-state index contributed by atoms with van der Waals surface area (Å²) >= 11 is 0. The Labute approximate surface area is 443 Å². The van der Waals surface area contributed by atoms with E-state index in [1.54, 1.807) is 9.80 Å². The summed E-state index contributed by atoms with van der Waals surface area (Å²) in [4.78, 5) is 3.08. The molecule has 4 nitrogen and oxygen atoms in total. The summed E-state index contributed by atoms with van der Waals surface area (Å²) in [5, 5.41) is 8.18. The second-order valence-corrected chi connectivity index (χ2v) is 26.2. The maximum atomic E-state index is 6.46. The minimum atomic E-state index is -2.35. The first-order valence-corrected chi connectivity index (χ1v) is 30.8. The molecule has 0 saturated carbocycles. The molecule has 0 saturated heterocycles. The van der Waals surface area contributed by atoms with Crippen LogP contribution in [0, 0.1) is 0 Å². The van der Waals surface area contributed by atoms with Gasteiger partial charge in [-0.15, -0.1) is 0 Å². The quantitative estimate of drug-likeness (QED) is 0.0591. The monoisotopic (exact) mass is 1010 g/mol. The third kappa shape index (κ3) is 11.8. The van der Waals surface area contributed by atoms with Gasteiger partial charge in [0.1, 0.15) is 84.2 Å². The fourth-order valence-corrected chi connectivity index (χ4v) is 19.3. The summed E-state index contributed by atoms with van der Waals surface area (Å²) in [5.41, 5.74) is 7.51. The Morgan fingerprint density at radius 1 is 0.311 bits per heavy atom. The Hall–Kier alpha value is -6.64. The highest BCUT2D eigenvalue weighted by atomic mass is 31.2. The van der Waals surface area contributed by atoms with Gasteiger partial charge in [0.2, 0.25) is 0 Å². The summed E-state index contributed by atoms with van der Waals surface area (Å²) in [6.07, 6.45) is 1.65. The highest BCUT2D eigenvalue weighted by Gasteiger charge is 2.48. The van der Waals surface area contributed by atoms with E-state index in [0.29, 0.717) is 13.2 Å². The summed E-state index contributed by atoms with van der Waals surface area (Å²) in [6, 6.07) is 91.1. The van der Waals surface area contributed by atoms with E-state index in [1.807, 2.05) is 0 Å². The van der Waals surface area contributed by atoms with Gasteiger partial charge in [0.25, 0.3) is 0 Å². The van der Waals surface area contributed by atoms with Crippen molar-refractivity contribution in [3.63, 3.8) is 0 Å². The largest absolute Gasteiger partial charge is 0.488 e. The average molecular weight is 1010 g/mol. The van der Waals surface area contributed by atoms with E-state index in [-0.39, 0.29) is 0 Å². The SMILES string of the molecule is CC[NH+](CC)CCOc1ccc(-c2cc(C[P+](c3ccccc3)(c3ccccc3)c3ccccc3)c(-c3ccc(OCC[NH+](CC)CC)cc3)cc2C[P+](c2ccccc2)(c2ccccc2)c2ccccc2)cc1. The maximum absolute atomic E-state index is 6.46. The van der Waals surface area contributed by atoms with Gasteiger partial charge in [0, 0.05) is 0 Å². The average Bonchev–Trinajstić information content (AvgIpc) is 3.49. The summed E-state index contributed by atoms with van der Waals surface area (Å²) in [5.74, 6) is 1.81. The molecule has 0 aromatic heterocycles. The zero-order valence-corrected chi connectivity index (χ0v) is 45.7. The van der Waals surface area contributed by atoms with E-state index in [4.69, 9.17) is 9.47 Å². The highest BCUT2D eigenvalue weighted by molar-refractivity contribution is 7.95. The molecule has 9 aromatic carbocycles. The van der Waals surface area contributed by atoms with Crippen LogP contribution in [0.2, 0.25) is 0 Å². The van der Waals surface area contributed by atoms with Gasteiger partial charge in [-0.3, -0.25) is 0 Å². The highest BCUT2D eigenvalue weighted by Crippen LogP contribution is 2.62. The van der Waals surface area contributed by atoms with Crippen molar-refractivity contribution in [1.82, 2.24) is 0 Å². The lowest BCUT2D eigenvalue weighted by molar-refractivity contribution is -0.896. The molecule has 0 heterocycles. The van der Waals surface area contributed by atoms with Crippen LogP contribution in [0.15, 0.2) is 243 Å². The molecule has 9 rings (SSSR count). The molecule has 2 N–H and O–H groups in total. The molecule has 0 spiro atoms. The van der Waals surface area contributed by atoms with E-state index in [9.17, 15) is 0 Å². The van der Waals surface area contributed by atoms with Gasteiger partial charge in [-0.2, -0.15) is 0 Å². The Morgan fingerprint density at radius 2 is 0.554 bits per heavy atom. The van der Waals surface area contributed by atoms with Crippen molar-refractivity contribution in [2.45, 2.75) is 40.0 Å². The zero-order valence-electron chi connectivity index (χ0n) is 43.9. The standard InChI is InChI=1S/C68H72N2O2P2/c1-5-69(6-2)47-49-71-59-43-39-55(40-44-59)67-51-58(54-74(64-33-21-12-22-34-64,65-35-23-13-24-36-65)66-37-25-14-26-38-66)68(56-41-45-60(46-42-56)72-50-48-70(7-3)8-4)52-57(67)53-73(61-27-15-9-16-28-61,62-29-17-10-18-30-62)63-31-19-11-20-32-63/h9-46,51-52H,5-8,47-50,53-54H2,1-4H3/q+2/p+2. The van der Waals surface area contributed by atoms with Crippen LogP contribution in [0.5, 0.6) is 11.5 Å². The first-order chi connectivity index (χ1) is 36.5. The molecular formula is C68H74N2O2P2+4. The van der Waals surface area contributed by atoms with Gasteiger partial charge >= 0.3 is 0 Å². The fraction of sp³-hybridized carbons (Fsp3) is 0.206. The lowest BCUT2D eigenvalue weighted by Gasteiger charge is -2.31. The molecule has 0 amide bonds. The van der Waals surface area contributed by atoms with Crippen LogP contribution in [0.4, 0.5) is 0 Å². The molecule has 6 heteroatoms. The van der Waals surface area contributed by atoms with E-state index < -0.39 is 14.5 Å². The molecule has 0 fully saturated rings. The first-order valence-electron chi connectivity index (χ1n) is 26.9. The maximum Gasteiger partial charge on any atom is 0.137 e. The van der Waals surface area contributed by atoms with Crippen molar-refractivity contribution < 1.29 is 19.3 Å². The van der Waals surface area contributed by atoms with Crippen molar-refractivity contribution >= 4 is 46.4 Å². The van der Waals surface area contributed by atoms with Crippen molar-refractivity contribution in [2.24, 2.45) is 0 Å². The number of benzene rings is 9. The smallest absolute Gasteiger partial charge is 0.137 e. The van der Waals surface area contributed by atoms with E-state index in [0.717, 1.165) is 63.1 Å². The molecular weight excluding hydrogens is 939 g/mol. The fourth-order valence-electron chi connectivity index (χ4n) is 10.8. The second-order valence-electron chi connectivity index (χ2n) is 19.3. The van der Waals surface area contributed by atoms with Crippen LogP contribution in [-0.4, -0.2) is 52.5 Å². The molecule has 374 valence electrons. The van der Waals surface area contributed by atoms with Gasteiger partial charge in [0.05, 0.1) is 38.5 Å². The van der Waals surface area contributed by atoms with Crippen molar-refractivity contribution in [2.75, 3.05) is 52.5 Å². The number of hydrogen-bond donors (Lipinski definition) is 2. The molecule has 0 radical (unpaired) electrons. The molecule has 74 heavy (non-hydrogen) atoms. The Morgan fingerprint density at radius 3 is 0.784 bits per heavy atom. The number of likely N-dealkylation sites (N-methyl/N-ethyl adjacent to an activating group) is 2. The molecule has 0 bridgehead atoms. The van der Waals surface area contributed by atoms with Crippen molar-refractivity contribution in [1.29, 1.82) is 0 Å². The summed E-state index contributed by atoms with van der Waals surface area (Å²) < 4.78 is 12.9. The van der Waals surface area contributed by atoms with Gasteiger partial charge in [-0.1, -0.05) is 133 Å². The normalized spacial score (nSPS) is 11.8. The van der Waals surface area contributed by atoms with Crippen molar-refractivity contribution in [3.8, 4) is 33.8 Å². The van der Waals surface area contributed by atoms with E-state index >= 15 is 0 Å². The molecule has 0 aliphatic rings. The Kier molecular flexibility index (Phi) is 18.0. The van der Waals surface area contributed by atoms with E-state index in [2.05, 4.69) is 270 Å². The van der Waals surface area contributed by atoms with Crippen molar-refractivity contribution in [3.05, 3.63) is 254 Å². The minimum absolute atomic E-state index is 0.684. The Balaban J connectivity index is 1.30. The van der Waals surface area contributed by atoms with Crippen LogP contribution in [0.25, 0.3) is 22.3 Å². The summed E-state index contributed by atoms with van der Waals surface area (Å²) in [6.45, 7) is 16.7. The molecule has 0 unspecified atom stereocenters. The Bertz CT molecular complexity index is 2670. The predicted molar refractivity (Wildman–Crippen MR) is 320 cm³/mol. The first kappa shape index (κ1) is 52.2. The molecule has 0 aliphatic carbocycles. The van der Waals surface area contributed by atoms with Gasteiger partial charge in [0.15, 0.2) is 0 Å². The number of rotatable bonds is 24. The van der Waals surface area contributed by atoms with Crippen LogP contribution < -0.4 is 51.1 Å². The minimum Gasteiger partial charge on any atom is -0.488 e. The summed E-state index contributed by atoms with van der Waals surface area (Å²) in [7, 11) is -4.70. The molecule has 9 aromatic rings. The third-order valence-electron chi connectivity index (χ3n) is 15.1. The van der Waals surface area contributed by atoms with Crippen LogP contribution in [0.1, 0.15) is 38.8 Å². The zero-order chi connectivity index (χ0) is 51.0. The lowest BCUT2D eigenvalue weighted by atomic mass is 9.91. The van der Waals surface area contributed by atoms with Gasteiger partial charge < -0.3 is 19.3 Å². The molecule has 0 aliphatic heterocycles. The van der Waals surface area contributed by atoms with Crippen LogP contribution in [-0.2, 0) is 12.3 Å². The molecule has 0 atom stereocenters.